The normalized spacial score (nSPS) is 12.0. The van der Waals surface area contributed by atoms with Gasteiger partial charge in [0.15, 0.2) is 0 Å². The highest BCUT2D eigenvalue weighted by Gasteiger charge is 2.19. The number of benzene rings is 2. The number of halogens is 2. The summed E-state index contributed by atoms with van der Waals surface area (Å²) in [5.74, 6) is 0.185. The molecular weight excluding hydrogens is 381 g/mol. The van der Waals surface area contributed by atoms with Gasteiger partial charge in [-0.25, -0.2) is 0 Å². The Kier molecular flexibility index (Phi) is 5.63. The fourth-order valence-corrected chi connectivity index (χ4v) is 2.98. The van der Waals surface area contributed by atoms with Crippen LogP contribution in [0, 0.1) is 0 Å². The Morgan fingerprint density at radius 3 is 2.60 bits per heavy atom. The molecule has 8 heteroatoms. The van der Waals surface area contributed by atoms with E-state index in [2.05, 4.69) is 15.5 Å². The smallest absolute Gasteiger partial charge is 0.277 e. The van der Waals surface area contributed by atoms with Gasteiger partial charge in [-0.15, -0.1) is 10.2 Å². The van der Waals surface area contributed by atoms with E-state index >= 15 is 0 Å². The van der Waals surface area contributed by atoms with E-state index in [9.17, 15) is 4.79 Å². The summed E-state index contributed by atoms with van der Waals surface area (Å²) in [5, 5.41) is 11.9. The summed E-state index contributed by atoms with van der Waals surface area (Å²) in [6, 6.07) is 14.0. The third-order valence-corrected chi connectivity index (χ3v) is 4.66. The zero-order valence-corrected chi connectivity index (χ0v) is 15.4. The maximum absolute atomic E-state index is 12.3. The van der Waals surface area contributed by atoms with Crippen LogP contribution in [0.25, 0.3) is 11.5 Å². The first-order valence-corrected chi connectivity index (χ1v) is 8.97. The average Bonchev–Trinajstić information content (AvgIpc) is 3.05. The number of thioether (sulfide) groups is 1. The molecule has 0 aliphatic heterocycles. The zero-order chi connectivity index (χ0) is 17.8. The van der Waals surface area contributed by atoms with Crippen molar-refractivity contribution >= 4 is 46.6 Å². The number of nitrogens with zero attached hydrogens (tertiary/aromatic N) is 2. The molecule has 128 valence electrons. The summed E-state index contributed by atoms with van der Waals surface area (Å²) in [6.45, 7) is 1.76. The Labute approximate surface area is 158 Å². The maximum atomic E-state index is 12.3. The third kappa shape index (κ3) is 4.75. The molecule has 5 nitrogen and oxygen atoms in total. The van der Waals surface area contributed by atoms with Crippen LogP contribution in [0.4, 0.5) is 5.69 Å². The molecule has 0 unspecified atom stereocenters. The molecule has 1 heterocycles. The van der Waals surface area contributed by atoms with E-state index in [-0.39, 0.29) is 5.91 Å². The fraction of sp³-hybridized carbons (Fsp3) is 0.118. The van der Waals surface area contributed by atoms with Gasteiger partial charge in [-0.1, -0.05) is 41.0 Å². The van der Waals surface area contributed by atoms with Gasteiger partial charge in [0.1, 0.15) is 0 Å². The van der Waals surface area contributed by atoms with Gasteiger partial charge in [0.05, 0.1) is 5.25 Å². The zero-order valence-electron chi connectivity index (χ0n) is 13.1. The van der Waals surface area contributed by atoms with Crippen molar-refractivity contribution in [3.8, 4) is 11.5 Å². The van der Waals surface area contributed by atoms with Crippen LogP contribution in [0.3, 0.4) is 0 Å². The molecule has 1 N–H and O–H groups in total. The van der Waals surface area contributed by atoms with Crippen molar-refractivity contribution in [3.05, 3.63) is 58.6 Å². The minimum Gasteiger partial charge on any atom is -0.411 e. The number of aromatic nitrogens is 2. The topological polar surface area (TPSA) is 68.0 Å². The predicted octanol–water partition coefficient (Wildman–Crippen LogP) is 5.16. The van der Waals surface area contributed by atoms with E-state index in [0.717, 1.165) is 5.56 Å². The van der Waals surface area contributed by atoms with E-state index in [0.29, 0.717) is 26.8 Å². The van der Waals surface area contributed by atoms with E-state index in [1.54, 1.807) is 49.4 Å². The molecule has 1 aromatic heterocycles. The molecular formula is C17H13Cl2N3O2S. The summed E-state index contributed by atoms with van der Waals surface area (Å²) >= 11 is 13.0. The van der Waals surface area contributed by atoms with Gasteiger partial charge in [-0.05, 0) is 49.4 Å². The third-order valence-electron chi connectivity index (χ3n) is 3.24. The van der Waals surface area contributed by atoms with E-state index in [4.69, 9.17) is 27.6 Å². The first-order valence-electron chi connectivity index (χ1n) is 7.34. The monoisotopic (exact) mass is 393 g/mol. The Hall–Kier alpha value is -2.02. The van der Waals surface area contributed by atoms with Crippen molar-refractivity contribution in [2.24, 2.45) is 0 Å². The molecule has 0 fully saturated rings. The van der Waals surface area contributed by atoms with Crippen molar-refractivity contribution in [2.75, 3.05) is 5.32 Å². The average molecular weight is 394 g/mol. The Bertz CT molecular complexity index is 884. The van der Waals surface area contributed by atoms with Crippen LogP contribution in [-0.4, -0.2) is 21.4 Å². The molecule has 25 heavy (non-hydrogen) atoms. The van der Waals surface area contributed by atoms with E-state index in [1.165, 1.54) is 11.8 Å². The van der Waals surface area contributed by atoms with E-state index in [1.807, 2.05) is 6.07 Å². The highest BCUT2D eigenvalue weighted by molar-refractivity contribution is 8.00. The van der Waals surface area contributed by atoms with Crippen molar-refractivity contribution < 1.29 is 9.21 Å². The van der Waals surface area contributed by atoms with Gasteiger partial charge in [0.25, 0.3) is 5.22 Å². The minimum atomic E-state index is -0.414. The number of carbonyl (C=O) groups excluding carboxylic acids is 1. The lowest BCUT2D eigenvalue weighted by molar-refractivity contribution is -0.115. The van der Waals surface area contributed by atoms with Gasteiger partial charge in [0, 0.05) is 21.3 Å². The molecule has 1 amide bonds. The quantitative estimate of drug-likeness (QED) is 0.606. The largest absolute Gasteiger partial charge is 0.411 e. The number of hydrogen-bond donors (Lipinski definition) is 1. The Morgan fingerprint density at radius 2 is 1.88 bits per heavy atom. The molecule has 0 saturated heterocycles. The highest BCUT2D eigenvalue weighted by atomic mass is 35.5. The van der Waals surface area contributed by atoms with Gasteiger partial charge >= 0.3 is 0 Å². The van der Waals surface area contributed by atoms with Crippen LogP contribution in [0.5, 0.6) is 0 Å². The summed E-state index contributed by atoms with van der Waals surface area (Å²) in [6.07, 6.45) is 0. The van der Waals surface area contributed by atoms with Gasteiger partial charge < -0.3 is 9.73 Å². The molecule has 1 atom stereocenters. The number of nitrogens with one attached hydrogen (secondary N) is 1. The van der Waals surface area contributed by atoms with Crippen LogP contribution in [-0.2, 0) is 4.79 Å². The highest BCUT2D eigenvalue weighted by Crippen LogP contribution is 2.28. The van der Waals surface area contributed by atoms with Gasteiger partial charge in [0.2, 0.25) is 11.8 Å². The lowest BCUT2D eigenvalue weighted by atomic mass is 10.2. The number of carbonyl (C=O) groups is 1. The van der Waals surface area contributed by atoms with Crippen molar-refractivity contribution in [2.45, 2.75) is 17.4 Å². The summed E-state index contributed by atoms with van der Waals surface area (Å²) in [7, 11) is 0. The number of anilines is 1. The fourth-order valence-electron chi connectivity index (χ4n) is 1.98. The number of rotatable bonds is 5. The second kappa shape index (κ2) is 7.91. The SMILES string of the molecule is C[C@@H](Sc1nnc(-c2cccc(Cl)c2)o1)C(=O)Nc1ccc(Cl)cc1. The van der Waals surface area contributed by atoms with E-state index < -0.39 is 5.25 Å². The first-order chi connectivity index (χ1) is 12.0. The molecule has 0 aliphatic rings. The van der Waals surface area contributed by atoms with Crippen LogP contribution < -0.4 is 5.32 Å². The molecule has 0 spiro atoms. The summed E-state index contributed by atoms with van der Waals surface area (Å²) in [5.41, 5.74) is 1.40. The summed E-state index contributed by atoms with van der Waals surface area (Å²) in [4.78, 5) is 12.3. The minimum absolute atomic E-state index is 0.171. The van der Waals surface area contributed by atoms with Gasteiger partial charge in [-0.3, -0.25) is 4.79 Å². The molecule has 0 saturated carbocycles. The second-order valence-corrected chi connectivity index (χ2v) is 7.30. The molecule has 0 aliphatic carbocycles. The van der Waals surface area contributed by atoms with Crippen molar-refractivity contribution in [3.63, 3.8) is 0 Å². The molecule has 0 radical (unpaired) electrons. The van der Waals surface area contributed by atoms with Crippen molar-refractivity contribution in [1.29, 1.82) is 0 Å². The number of hydrogen-bond acceptors (Lipinski definition) is 5. The molecule has 0 bridgehead atoms. The lowest BCUT2D eigenvalue weighted by Crippen LogP contribution is -2.22. The maximum Gasteiger partial charge on any atom is 0.277 e. The van der Waals surface area contributed by atoms with Gasteiger partial charge in [-0.2, -0.15) is 0 Å². The summed E-state index contributed by atoms with van der Waals surface area (Å²) < 4.78 is 5.60. The van der Waals surface area contributed by atoms with Crippen molar-refractivity contribution in [1.82, 2.24) is 10.2 Å². The number of amides is 1. The molecule has 2 aromatic carbocycles. The Balaban J connectivity index is 1.64. The molecule has 3 rings (SSSR count). The first kappa shape index (κ1) is 17.8. The van der Waals surface area contributed by atoms with Crippen LogP contribution in [0.2, 0.25) is 10.0 Å². The lowest BCUT2D eigenvalue weighted by Gasteiger charge is -2.09. The second-order valence-electron chi connectivity index (χ2n) is 5.14. The molecule has 3 aromatic rings. The Morgan fingerprint density at radius 1 is 1.12 bits per heavy atom. The van der Waals surface area contributed by atoms with Crippen LogP contribution >= 0.6 is 35.0 Å². The predicted molar refractivity (Wildman–Crippen MR) is 100 cm³/mol. The van der Waals surface area contributed by atoms with Crippen LogP contribution in [0.1, 0.15) is 6.92 Å². The standard InChI is InChI=1S/C17H13Cl2N3O2S/c1-10(15(23)20-14-7-5-12(18)6-8-14)25-17-22-21-16(24-17)11-3-2-4-13(19)9-11/h2-10H,1H3,(H,20,23)/t10-/m1/s1. The van der Waals surface area contributed by atoms with Crippen LogP contribution in [0.15, 0.2) is 58.2 Å².